The maximum Gasteiger partial charge on any atom is 0.573 e. The Morgan fingerprint density at radius 2 is 1.89 bits per heavy atom. The minimum absolute atomic E-state index is 0.188. The molecule has 0 spiro atoms. The predicted octanol–water partition coefficient (Wildman–Crippen LogP) is 4.91. The lowest BCUT2D eigenvalue weighted by atomic mass is 10.1. The Morgan fingerprint density at radius 1 is 1.21 bits per heavy atom. The van der Waals surface area contributed by atoms with Crippen molar-refractivity contribution >= 4 is 22.5 Å². The van der Waals surface area contributed by atoms with E-state index in [0.717, 1.165) is 5.69 Å². The number of fused-ring (bicyclic) bond motifs is 1. The van der Waals surface area contributed by atoms with Gasteiger partial charge in [-0.25, -0.2) is 0 Å². The molecule has 19 heavy (non-hydrogen) atoms. The normalized spacial score (nSPS) is 12.2. The van der Waals surface area contributed by atoms with E-state index in [4.69, 9.17) is 11.6 Å². The summed E-state index contributed by atoms with van der Waals surface area (Å²) in [6.07, 6.45) is -4.72. The van der Waals surface area contributed by atoms with Crippen LogP contribution in [-0.4, -0.2) is 11.3 Å². The molecule has 102 valence electrons. The summed E-state index contributed by atoms with van der Waals surface area (Å²) in [5.74, 6) is -0.117. The van der Waals surface area contributed by atoms with Crippen LogP contribution < -0.4 is 4.74 Å². The van der Waals surface area contributed by atoms with E-state index >= 15 is 0 Å². The van der Waals surface area contributed by atoms with E-state index in [1.54, 1.807) is 6.07 Å². The number of halogens is 4. The molecule has 2 rings (SSSR count). The average molecular weight is 290 g/mol. The van der Waals surface area contributed by atoms with Gasteiger partial charge in [0.25, 0.3) is 0 Å². The van der Waals surface area contributed by atoms with Crippen molar-refractivity contribution in [1.29, 1.82) is 0 Å². The highest BCUT2D eigenvalue weighted by Gasteiger charge is 2.31. The topological polar surface area (TPSA) is 22.1 Å². The molecule has 0 saturated carbocycles. The highest BCUT2D eigenvalue weighted by atomic mass is 35.5. The summed E-state index contributed by atoms with van der Waals surface area (Å²) in [4.78, 5) is 4.35. The lowest BCUT2D eigenvalue weighted by Gasteiger charge is -2.11. The van der Waals surface area contributed by atoms with Gasteiger partial charge in [0.2, 0.25) is 0 Å². The summed E-state index contributed by atoms with van der Waals surface area (Å²) < 4.78 is 40.3. The Kier molecular flexibility index (Phi) is 3.58. The van der Waals surface area contributed by atoms with E-state index in [9.17, 15) is 13.2 Å². The van der Waals surface area contributed by atoms with Crippen LogP contribution in [-0.2, 0) is 0 Å². The van der Waals surface area contributed by atoms with Crippen LogP contribution in [0, 0.1) is 0 Å². The Bertz CT molecular complexity index is 611. The predicted molar refractivity (Wildman–Crippen MR) is 67.5 cm³/mol. The first-order valence-corrected chi connectivity index (χ1v) is 6.00. The van der Waals surface area contributed by atoms with Gasteiger partial charge in [-0.3, -0.25) is 4.98 Å². The molecule has 0 bridgehead atoms. The molecule has 0 aliphatic rings. The van der Waals surface area contributed by atoms with Gasteiger partial charge in [0.15, 0.2) is 0 Å². The molecule has 0 atom stereocenters. The van der Waals surface area contributed by atoms with Crippen LogP contribution in [0.25, 0.3) is 10.9 Å². The van der Waals surface area contributed by atoms with Crippen LogP contribution in [0.1, 0.15) is 25.5 Å². The van der Waals surface area contributed by atoms with Gasteiger partial charge in [-0.15, -0.1) is 13.2 Å². The number of aromatic nitrogens is 1. The minimum atomic E-state index is -4.72. The second-order valence-electron chi connectivity index (χ2n) is 4.41. The Balaban J connectivity index is 2.49. The van der Waals surface area contributed by atoms with Crippen LogP contribution in [0.5, 0.6) is 5.75 Å². The summed E-state index contributed by atoms with van der Waals surface area (Å²) in [5.41, 5.74) is 1.34. The summed E-state index contributed by atoms with van der Waals surface area (Å²) in [6, 6.07) is 5.59. The van der Waals surface area contributed by atoms with Crippen molar-refractivity contribution in [2.45, 2.75) is 26.1 Å². The molecule has 2 nitrogen and oxygen atoms in total. The van der Waals surface area contributed by atoms with Gasteiger partial charge in [0, 0.05) is 11.1 Å². The van der Waals surface area contributed by atoms with E-state index in [1.165, 1.54) is 18.2 Å². The van der Waals surface area contributed by atoms with Gasteiger partial charge in [-0.2, -0.15) is 0 Å². The van der Waals surface area contributed by atoms with Crippen molar-refractivity contribution in [1.82, 2.24) is 4.98 Å². The van der Waals surface area contributed by atoms with Crippen LogP contribution >= 0.6 is 11.6 Å². The summed E-state index contributed by atoms with van der Waals surface area (Å²) >= 11 is 6.07. The zero-order valence-corrected chi connectivity index (χ0v) is 11.0. The Labute approximate surface area is 113 Å². The minimum Gasteiger partial charge on any atom is -0.406 e. The number of benzene rings is 1. The number of alkyl halides is 3. The van der Waals surface area contributed by atoms with Crippen LogP contribution in [0.2, 0.25) is 5.02 Å². The molecule has 0 aliphatic heterocycles. The third-order valence-electron chi connectivity index (χ3n) is 2.57. The first-order valence-electron chi connectivity index (χ1n) is 5.62. The maximum absolute atomic E-state index is 12.1. The molecular formula is C13H11ClF3NO. The summed E-state index contributed by atoms with van der Waals surface area (Å²) in [5, 5.41) is 0.800. The van der Waals surface area contributed by atoms with E-state index in [-0.39, 0.29) is 11.7 Å². The van der Waals surface area contributed by atoms with E-state index in [2.05, 4.69) is 9.72 Å². The van der Waals surface area contributed by atoms with Gasteiger partial charge < -0.3 is 4.74 Å². The zero-order chi connectivity index (χ0) is 14.2. The molecule has 0 radical (unpaired) electrons. The zero-order valence-electron chi connectivity index (χ0n) is 10.3. The highest BCUT2D eigenvalue weighted by Crippen LogP contribution is 2.31. The van der Waals surface area contributed by atoms with Gasteiger partial charge in [-0.1, -0.05) is 25.4 Å². The molecule has 1 aromatic heterocycles. The van der Waals surface area contributed by atoms with Crippen molar-refractivity contribution in [3.05, 3.63) is 35.0 Å². The van der Waals surface area contributed by atoms with Gasteiger partial charge >= 0.3 is 6.36 Å². The van der Waals surface area contributed by atoms with Crippen LogP contribution in [0.4, 0.5) is 13.2 Å². The largest absolute Gasteiger partial charge is 0.573 e. The first kappa shape index (κ1) is 13.9. The number of rotatable bonds is 2. The van der Waals surface area contributed by atoms with Gasteiger partial charge in [0.1, 0.15) is 5.75 Å². The van der Waals surface area contributed by atoms with Crippen molar-refractivity contribution in [3.63, 3.8) is 0 Å². The lowest BCUT2D eigenvalue weighted by molar-refractivity contribution is -0.274. The molecule has 0 amide bonds. The van der Waals surface area contributed by atoms with Gasteiger partial charge in [-0.05, 0) is 30.2 Å². The standard InChI is InChI=1S/C13H11ClF3NO/c1-7(2)12-6-10(14)9-5-8(19-13(15,16)17)3-4-11(9)18-12/h3-7H,1-2H3. The molecule has 6 heteroatoms. The summed E-state index contributed by atoms with van der Waals surface area (Å²) in [6.45, 7) is 3.93. The fourth-order valence-corrected chi connectivity index (χ4v) is 1.94. The first-order chi connectivity index (χ1) is 8.76. The average Bonchev–Trinajstić information content (AvgIpc) is 2.27. The second-order valence-corrected chi connectivity index (χ2v) is 4.82. The fraction of sp³-hybridized carbons (Fsp3) is 0.308. The molecule has 0 unspecified atom stereocenters. The number of pyridine rings is 1. The van der Waals surface area contributed by atoms with E-state index < -0.39 is 6.36 Å². The van der Waals surface area contributed by atoms with Crippen LogP contribution in [0.15, 0.2) is 24.3 Å². The third kappa shape index (κ3) is 3.29. The Hall–Kier alpha value is -1.49. The smallest absolute Gasteiger partial charge is 0.406 e. The van der Waals surface area contributed by atoms with Crippen molar-refractivity contribution < 1.29 is 17.9 Å². The lowest BCUT2D eigenvalue weighted by Crippen LogP contribution is -2.17. The quantitative estimate of drug-likeness (QED) is 0.783. The summed E-state index contributed by atoms with van der Waals surface area (Å²) in [7, 11) is 0. The molecule has 0 saturated heterocycles. The highest BCUT2D eigenvalue weighted by molar-refractivity contribution is 6.35. The molecular weight excluding hydrogens is 279 g/mol. The van der Waals surface area contributed by atoms with Gasteiger partial charge in [0.05, 0.1) is 10.5 Å². The molecule has 0 aliphatic carbocycles. The molecule has 1 heterocycles. The van der Waals surface area contributed by atoms with E-state index in [1.807, 2.05) is 13.8 Å². The van der Waals surface area contributed by atoms with Crippen molar-refractivity contribution in [2.24, 2.45) is 0 Å². The number of hydrogen-bond donors (Lipinski definition) is 0. The molecule has 1 aromatic carbocycles. The number of hydrogen-bond acceptors (Lipinski definition) is 2. The maximum atomic E-state index is 12.1. The SMILES string of the molecule is CC(C)c1cc(Cl)c2cc(OC(F)(F)F)ccc2n1. The molecule has 0 N–H and O–H groups in total. The monoisotopic (exact) mass is 289 g/mol. The van der Waals surface area contributed by atoms with E-state index in [0.29, 0.717) is 15.9 Å². The van der Waals surface area contributed by atoms with Crippen molar-refractivity contribution in [2.75, 3.05) is 0 Å². The number of nitrogens with zero attached hydrogens (tertiary/aromatic N) is 1. The fourth-order valence-electron chi connectivity index (χ4n) is 1.68. The third-order valence-corrected chi connectivity index (χ3v) is 2.89. The van der Waals surface area contributed by atoms with Crippen molar-refractivity contribution in [3.8, 4) is 5.75 Å². The molecule has 2 aromatic rings. The second kappa shape index (κ2) is 4.89. The van der Waals surface area contributed by atoms with Crippen LogP contribution in [0.3, 0.4) is 0 Å². The Morgan fingerprint density at radius 3 is 2.47 bits per heavy atom. The number of ether oxygens (including phenoxy) is 1. The molecule has 0 fully saturated rings.